The Morgan fingerprint density at radius 1 is 1.12 bits per heavy atom. The molecule has 0 aliphatic rings. The number of aliphatic hydroxyl groups excluding tert-OH is 1. The quantitative estimate of drug-likeness (QED) is 0.794. The summed E-state index contributed by atoms with van der Waals surface area (Å²) in [5, 5.41) is 12.1. The summed E-state index contributed by atoms with van der Waals surface area (Å²) in [7, 11) is 0. The predicted molar refractivity (Wildman–Crippen MR) is 71.7 cm³/mol. The molecule has 1 nitrogen and oxygen atoms in total. The van der Waals surface area contributed by atoms with Crippen LogP contribution in [0.3, 0.4) is 0 Å². The van der Waals surface area contributed by atoms with Gasteiger partial charge in [0.2, 0.25) is 0 Å². The van der Waals surface area contributed by atoms with Gasteiger partial charge in [0, 0.05) is 0 Å². The zero-order valence-electron chi connectivity index (χ0n) is 9.98. The third kappa shape index (κ3) is 2.87. The minimum Gasteiger partial charge on any atom is -0.380 e. The molecule has 1 atom stereocenters. The van der Waals surface area contributed by atoms with Crippen LogP contribution < -0.4 is 0 Å². The summed E-state index contributed by atoms with van der Waals surface area (Å²) < 4.78 is 0. The van der Waals surface area contributed by atoms with Crippen LogP contribution in [0.5, 0.6) is 0 Å². The molecule has 86 valence electrons. The van der Waals surface area contributed by atoms with Gasteiger partial charge in [-0.05, 0) is 36.1 Å². The van der Waals surface area contributed by atoms with Gasteiger partial charge < -0.3 is 5.11 Å². The van der Waals surface area contributed by atoms with Gasteiger partial charge in [0.25, 0.3) is 0 Å². The smallest absolute Gasteiger partial charge is 0.115 e. The molecule has 0 amide bonds. The monoisotopic (exact) mass is 224 g/mol. The maximum absolute atomic E-state index is 9.61. The highest BCUT2D eigenvalue weighted by atomic mass is 16.3. The number of hydrogen-bond acceptors (Lipinski definition) is 1. The number of benzene rings is 2. The van der Waals surface area contributed by atoms with E-state index in [1.807, 2.05) is 12.1 Å². The zero-order chi connectivity index (χ0) is 12.1. The van der Waals surface area contributed by atoms with E-state index >= 15 is 0 Å². The molecule has 0 saturated heterocycles. The van der Waals surface area contributed by atoms with Crippen LogP contribution >= 0.6 is 0 Å². The molecule has 0 spiro atoms. The molecule has 0 aliphatic heterocycles. The molecular weight excluding hydrogens is 208 g/mol. The lowest BCUT2D eigenvalue weighted by Crippen LogP contribution is -2.04. The average Bonchev–Trinajstić information content (AvgIpc) is 2.36. The Morgan fingerprint density at radius 2 is 1.88 bits per heavy atom. The molecule has 17 heavy (non-hydrogen) atoms. The zero-order valence-corrected chi connectivity index (χ0v) is 9.98. The second-order valence-electron chi connectivity index (χ2n) is 4.09. The molecule has 0 heterocycles. The second kappa shape index (κ2) is 5.52. The van der Waals surface area contributed by atoms with E-state index in [2.05, 4.69) is 42.2 Å². The van der Waals surface area contributed by atoms with Gasteiger partial charge in [0.15, 0.2) is 0 Å². The number of fused-ring (bicyclic) bond motifs is 1. The first-order valence-electron chi connectivity index (χ1n) is 5.88. The predicted octanol–water partition coefficient (Wildman–Crippen LogP) is 3.16. The van der Waals surface area contributed by atoms with Crippen LogP contribution in [0.2, 0.25) is 0 Å². The van der Waals surface area contributed by atoms with Crippen LogP contribution in [0.1, 0.15) is 18.9 Å². The highest BCUT2D eigenvalue weighted by Crippen LogP contribution is 2.20. The molecule has 0 bridgehead atoms. The van der Waals surface area contributed by atoms with Gasteiger partial charge in [0.05, 0.1) is 0 Å². The molecule has 1 N–H and O–H groups in total. The largest absolute Gasteiger partial charge is 0.380 e. The maximum atomic E-state index is 9.61. The van der Waals surface area contributed by atoms with Gasteiger partial charge in [-0.1, -0.05) is 48.4 Å². The van der Waals surface area contributed by atoms with Gasteiger partial charge in [-0.3, -0.25) is 0 Å². The highest BCUT2D eigenvalue weighted by Gasteiger charge is 2.03. The second-order valence-corrected chi connectivity index (χ2v) is 4.09. The highest BCUT2D eigenvalue weighted by molar-refractivity contribution is 5.85. The van der Waals surface area contributed by atoms with Crippen LogP contribution in [-0.2, 0) is 6.42 Å². The van der Waals surface area contributed by atoms with Crippen molar-refractivity contribution >= 4 is 10.8 Å². The lowest BCUT2D eigenvalue weighted by Gasteiger charge is -2.07. The Morgan fingerprint density at radius 3 is 2.71 bits per heavy atom. The van der Waals surface area contributed by atoms with Crippen LogP contribution in [0, 0.1) is 11.8 Å². The summed E-state index contributed by atoms with van der Waals surface area (Å²) in [6.45, 7) is 1.75. The summed E-state index contributed by atoms with van der Waals surface area (Å²) in [6, 6.07) is 14.6. The van der Waals surface area contributed by atoms with Crippen LogP contribution in [0.4, 0.5) is 0 Å². The van der Waals surface area contributed by atoms with Crippen molar-refractivity contribution in [1.82, 2.24) is 0 Å². The Labute approximate surface area is 102 Å². The summed E-state index contributed by atoms with van der Waals surface area (Å²) in [5.41, 5.74) is 1.28. The lowest BCUT2D eigenvalue weighted by atomic mass is 10.00. The van der Waals surface area contributed by atoms with E-state index in [1.165, 1.54) is 16.3 Å². The van der Waals surface area contributed by atoms with Gasteiger partial charge in [0.1, 0.15) is 6.10 Å². The molecule has 0 fully saturated rings. The molecule has 0 aliphatic carbocycles. The van der Waals surface area contributed by atoms with Crippen LogP contribution in [0.15, 0.2) is 42.5 Å². The minimum atomic E-state index is -0.515. The molecule has 0 saturated carbocycles. The summed E-state index contributed by atoms with van der Waals surface area (Å²) in [4.78, 5) is 0. The molecule has 0 radical (unpaired) electrons. The number of aryl methyl sites for hydroxylation is 1. The van der Waals surface area contributed by atoms with Gasteiger partial charge >= 0.3 is 0 Å². The van der Waals surface area contributed by atoms with Crippen LogP contribution in [0.25, 0.3) is 10.8 Å². The van der Waals surface area contributed by atoms with Gasteiger partial charge in [-0.2, -0.15) is 0 Å². The Kier molecular flexibility index (Phi) is 3.80. The molecule has 0 unspecified atom stereocenters. The third-order valence-corrected chi connectivity index (χ3v) is 2.88. The number of aliphatic hydroxyl groups is 1. The SMILES string of the molecule is CC#C[C@@H](O)CCc1cccc2ccccc12. The maximum Gasteiger partial charge on any atom is 0.115 e. The Bertz CT molecular complexity index is 555. The fraction of sp³-hybridized carbons (Fsp3) is 0.250. The first-order valence-corrected chi connectivity index (χ1v) is 5.88. The van der Waals surface area contributed by atoms with E-state index in [1.54, 1.807) is 6.92 Å². The molecule has 0 aromatic heterocycles. The van der Waals surface area contributed by atoms with E-state index in [0.717, 1.165) is 6.42 Å². The normalized spacial score (nSPS) is 11.9. The first-order chi connectivity index (χ1) is 8.31. The van der Waals surface area contributed by atoms with Gasteiger partial charge in [-0.15, -0.1) is 5.92 Å². The minimum absolute atomic E-state index is 0.515. The van der Waals surface area contributed by atoms with E-state index in [4.69, 9.17) is 0 Å². The lowest BCUT2D eigenvalue weighted by molar-refractivity contribution is 0.222. The number of hydrogen-bond donors (Lipinski definition) is 1. The Hall–Kier alpha value is -1.78. The van der Waals surface area contributed by atoms with Gasteiger partial charge in [-0.25, -0.2) is 0 Å². The van der Waals surface area contributed by atoms with Crippen molar-refractivity contribution in [2.45, 2.75) is 25.9 Å². The molecule has 2 rings (SSSR count). The fourth-order valence-corrected chi connectivity index (χ4v) is 2.04. The van der Waals surface area contributed by atoms with Crippen LogP contribution in [-0.4, -0.2) is 11.2 Å². The Balaban J connectivity index is 2.20. The topological polar surface area (TPSA) is 20.2 Å². The summed E-state index contributed by atoms with van der Waals surface area (Å²) in [5.74, 6) is 5.51. The van der Waals surface area contributed by atoms with E-state index in [0.29, 0.717) is 6.42 Å². The standard InChI is InChI=1S/C16H16O/c1-2-6-15(17)12-11-14-9-5-8-13-7-3-4-10-16(13)14/h3-5,7-10,15,17H,11-12H2,1H3/t15-/m1/s1. The van der Waals surface area contributed by atoms with Crippen molar-refractivity contribution in [3.05, 3.63) is 48.0 Å². The van der Waals surface area contributed by atoms with Crippen molar-refractivity contribution in [2.24, 2.45) is 0 Å². The summed E-state index contributed by atoms with van der Waals surface area (Å²) in [6.07, 6.45) is 1.03. The van der Waals surface area contributed by atoms with Crippen molar-refractivity contribution in [2.75, 3.05) is 0 Å². The number of rotatable bonds is 3. The molecule has 1 heteroatoms. The van der Waals surface area contributed by atoms with E-state index in [-0.39, 0.29) is 0 Å². The fourth-order valence-electron chi connectivity index (χ4n) is 2.04. The van der Waals surface area contributed by atoms with Crippen molar-refractivity contribution in [3.63, 3.8) is 0 Å². The molecule has 2 aromatic carbocycles. The molecular formula is C16H16O. The first kappa shape index (κ1) is 11.7. The van der Waals surface area contributed by atoms with Crippen molar-refractivity contribution < 1.29 is 5.11 Å². The van der Waals surface area contributed by atoms with Crippen molar-refractivity contribution in [1.29, 1.82) is 0 Å². The van der Waals surface area contributed by atoms with E-state index in [9.17, 15) is 5.11 Å². The third-order valence-electron chi connectivity index (χ3n) is 2.88. The average molecular weight is 224 g/mol. The molecule has 2 aromatic rings. The van der Waals surface area contributed by atoms with Crippen molar-refractivity contribution in [3.8, 4) is 11.8 Å². The summed E-state index contributed by atoms with van der Waals surface area (Å²) >= 11 is 0. The van der Waals surface area contributed by atoms with E-state index < -0.39 is 6.10 Å².